The predicted octanol–water partition coefficient (Wildman–Crippen LogP) is 3.32. The fraction of sp³-hybridized carbons (Fsp3) is 0.0769. The molecule has 0 amide bonds. The third kappa shape index (κ3) is 3.01. The maximum Gasteiger partial charge on any atom is 0.317 e. The summed E-state index contributed by atoms with van der Waals surface area (Å²) in [5, 5.41) is 11.0. The predicted molar refractivity (Wildman–Crippen MR) is 69.3 cm³/mol. The zero-order valence-corrected chi connectivity index (χ0v) is 9.80. The number of aliphatic carboxylic acids is 1. The van der Waals surface area contributed by atoms with Gasteiger partial charge >= 0.3 is 5.97 Å². The lowest BCUT2D eigenvalue weighted by Crippen LogP contribution is -2.11. The number of rotatable bonds is 4. The number of carbonyl (C=O) groups is 1. The summed E-state index contributed by atoms with van der Waals surface area (Å²) in [5.41, 5.74) is 0.760. The Morgan fingerprint density at radius 1 is 1.24 bits per heavy atom. The second-order valence-electron chi connectivity index (χ2n) is 3.45. The monoisotopic (exact) mass is 245 g/mol. The van der Waals surface area contributed by atoms with Crippen LogP contribution in [0.1, 0.15) is 10.8 Å². The topological polar surface area (TPSA) is 49.7 Å². The smallest absolute Gasteiger partial charge is 0.317 e. The van der Waals surface area contributed by atoms with Crippen LogP contribution in [0.4, 0.5) is 5.69 Å². The van der Waals surface area contributed by atoms with Gasteiger partial charge in [-0.05, 0) is 23.6 Å². The first-order valence-electron chi connectivity index (χ1n) is 5.13. The Balaban J connectivity index is 2.20. The van der Waals surface area contributed by atoms with Crippen molar-refractivity contribution in [3.63, 3.8) is 0 Å². The Kier molecular flexibility index (Phi) is 3.67. The van der Waals surface area contributed by atoms with Crippen molar-refractivity contribution < 1.29 is 9.90 Å². The van der Waals surface area contributed by atoms with Crippen LogP contribution in [0.2, 0.25) is 0 Å². The molecule has 2 aromatic rings. The van der Waals surface area contributed by atoms with Gasteiger partial charge < -0.3 is 5.11 Å². The number of nitrogens with zero attached hydrogens (tertiary/aromatic N) is 1. The molecule has 0 aliphatic carbocycles. The van der Waals surface area contributed by atoms with Crippen LogP contribution in [0.3, 0.4) is 0 Å². The summed E-state index contributed by atoms with van der Waals surface area (Å²) >= 11 is 1.42. The van der Waals surface area contributed by atoms with E-state index in [9.17, 15) is 4.79 Å². The Morgan fingerprint density at radius 3 is 2.59 bits per heavy atom. The van der Waals surface area contributed by atoms with E-state index in [2.05, 4.69) is 4.99 Å². The Morgan fingerprint density at radius 2 is 2.00 bits per heavy atom. The second kappa shape index (κ2) is 5.41. The number of hydrogen-bond acceptors (Lipinski definition) is 3. The van der Waals surface area contributed by atoms with Gasteiger partial charge in [-0.1, -0.05) is 24.3 Å². The molecule has 17 heavy (non-hydrogen) atoms. The Labute approximate surface area is 103 Å². The van der Waals surface area contributed by atoms with E-state index in [1.54, 1.807) is 6.07 Å². The molecule has 0 bridgehead atoms. The lowest BCUT2D eigenvalue weighted by atomic mass is 10.1. The summed E-state index contributed by atoms with van der Waals surface area (Å²) in [4.78, 5) is 16.1. The van der Waals surface area contributed by atoms with Gasteiger partial charge in [0.2, 0.25) is 0 Å². The SMILES string of the molecule is O=C(O)C(C=Nc1ccccc1)c1cccs1. The largest absolute Gasteiger partial charge is 0.480 e. The van der Waals surface area contributed by atoms with Crippen LogP contribution in [0, 0.1) is 0 Å². The first-order chi connectivity index (χ1) is 8.27. The zero-order chi connectivity index (χ0) is 12.1. The van der Waals surface area contributed by atoms with Crippen LogP contribution in [0.15, 0.2) is 52.8 Å². The summed E-state index contributed by atoms with van der Waals surface area (Å²) in [6.45, 7) is 0. The molecule has 4 heteroatoms. The highest BCUT2D eigenvalue weighted by Gasteiger charge is 2.18. The molecule has 3 nitrogen and oxygen atoms in total. The van der Waals surface area contributed by atoms with Gasteiger partial charge in [-0.2, -0.15) is 0 Å². The minimum absolute atomic E-state index is 0.671. The van der Waals surface area contributed by atoms with E-state index >= 15 is 0 Å². The molecule has 0 fully saturated rings. The minimum atomic E-state index is -0.882. The molecule has 0 saturated heterocycles. The maximum atomic E-state index is 11.1. The molecule has 1 unspecified atom stereocenters. The fourth-order valence-electron chi connectivity index (χ4n) is 1.40. The molecule has 1 aromatic carbocycles. The van der Waals surface area contributed by atoms with Crippen molar-refractivity contribution in [1.29, 1.82) is 0 Å². The van der Waals surface area contributed by atoms with Gasteiger partial charge in [0.15, 0.2) is 0 Å². The van der Waals surface area contributed by atoms with Crippen molar-refractivity contribution in [2.75, 3.05) is 0 Å². The van der Waals surface area contributed by atoms with Gasteiger partial charge in [0.05, 0.1) is 5.69 Å². The van der Waals surface area contributed by atoms with Gasteiger partial charge in [0.1, 0.15) is 5.92 Å². The molecule has 1 aromatic heterocycles. The highest BCUT2D eigenvalue weighted by molar-refractivity contribution is 7.10. The molecular weight excluding hydrogens is 234 g/mol. The van der Waals surface area contributed by atoms with E-state index in [1.807, 2.05) is 41.8 Å². The molecule has 0 radical (unpaired) electrons. The highest BCUT2D eigenvalue weighted by Crippen LogP contribution is 2.21. The summed E-state index contributed by atoms with van der Waals surface area (Å²) in [7, 11) is 0. The quantitative estimate of drug-likeness (QED) is 0.840. The second-order valence-corrected chi connectivity index (χ2v) is 4.42. The van der Waals surface area contributed by atoms with Crippen molar-refractivity contribution in [2.24, 2.45) is 4.99 Å². The Bertz CT molecular complexity index is 505. The average Bonchev–Trinajstić information content (AvgIpc) is 2.84. The van der Waals surface area contributed by atoms with Crippen LogP contribution in [0.25, 0.3) is 0 Å². The molecule has 0 aliphatic rings. The van der Waals surface area contributed by atoms with Crippen LogP contribution >= 0.6 is 11.3 Å². The summed E-state index contributed by atoms with van der Waals surface area (Å²) in [5.74, 6) is -1.55. The Hall–Kier alpha value is -1.94. The molecule has 0 aliphatic heterocycles. The molecule has 2 rings (SSSR count). The normalized spacial score (nSPS) is 12.7. The molecule has 1 N–H and O–H groups in total. The van der Waals surface area contributed by atoms with E-state index in [0.717, 1.165) is 10.6 Å². The first-order valence-corrected chi connectivity index (χ1v) is 6.01. The minimum Gasteiger partial charge on any atom is -0.480 e. The summed E-state index contributed by atoms with van der Waals surface area (Å²) < 4.78 is 0. The maximum absolute atomic E-state index is 11.1. The molecular formula is C13H11NO2S. The van der Waals surface area contributed by atoms with Crippen LogP contribution in [-0.4, -0.2) is 17.3 Å². The number of aliphatic imine (C=N–C) groups is 1. The summed E-state index contributed by atoms with van der Waals surface area (Å²) in [6.07, 6.45) is 1.48. The van der Waals surface area contributed by atoms with Crippen molar-refractivity contribution >= 4 is 29.2 Å². The van der Waals surface area contributed by atoms with E-state index in [1.165, 1.54) is 17.6 Å². The lowest BCUT2D eigenvalue weighted by molar-refractivity contribution is -0.136. The van der Waals surface area contributed by atoms with Gasteiger partial charge in [0.25, 0.3) is 0 Å². The van der Waals surface area contributed by atoms with Crippen LogP contribution in [-0.2, 0) is 4.79 Å². The van der Waals surface area contributed by atoms with E-state index < -0.39 is 11.9 Å². The molecule has 1 atom stereocenters. The number of carboxylic acid groups (broad SMARTS) is 1. The number of hydrogen-bond donors (Lipinski definition) is 1. The van der Waals surface area contributed by atoms with Crippen molar-refractivity contribution in [1.82, 2.24) is 0 Å². The number of para-hydroxylation sites is 1. The van der Waals surface area contributed by atoms with Gasteiger partial charge in [-0.15, -0.1) is 11.3 Å². The van der Waals surface area contributed by atoms with Crippen molar-refractivity contribution in [3.8, 4) is 0 Å². The average molecular weight is 245 g/mol. The number of thiophene rings is 1. The highest BCUT2D eigenvalue weighted by atomic mass is 32.1. The van der Waals surface area contributed by atoms with E-state index in [-0.39, 0.29) is 0 Å². The number of benzene rings is 1. The molecule has 0 spiro atoms. The number of carboxylic acids is 1. The van der Waals surface area contributed by atoms with E-state index in [4.69, 9.17) is 5.11 Å². The molecule has 0 saturated carbocycles. The van der Waals surface area contributed by atoms with Gasteiger partial charge in [-0.3, -0.25) is 9.79 Å². The third-order valence-corrected chi connectivity index (χ3v) is 3.20. The lowest BCUT2D eigenvalue weighted by Gasteiger charge is -2.03. The van der Waals surface area contributed by atoms with Crippen LogP contribution in [0.5, 0.6) is 0 Å². The molecule has 1 heterocycles. The fourth-order valence-corrected chi connectivity index (χ4v) is 2.18. The standard InChI is InChI=1S/C13H11NO2S/c15-13(16)11(12-7-4-8-17-12)9-14-10-5-2-1-3-6-10/h1-9,11H,(H,15,16). The molecule has 86 valence electrons. The summed E-state index contributed by atoms with van der Waals surface area (Å²) in [6, 6.07) is 13.0. The third-order valence-electron chi connectivity index (χ3n) is 2.24. The van der Waals surface area contributed by atoms with Crippen molar-refractivity contribution in [3.05, 3.63) is 52.7 Å². The van der Waals surface area contributed by atoms with Crippen LogP contribution < -0.4 is 0 Å². The van der Waals surface area contributed by atoms with Crippen molar-refractivity contribution in [2.45, 2.75) is 5.92 Å². The zero-order valence-electron chi connectivity index (χ0n) is 8.98. The van der Waals surface area contributed by atoms with Gasteiger partial charge in [-0.25, -0.2) is 0 Å². The van der Waals surface area contributed by atoms with Gasteiger partial charge in [0, 0.05) is 11.1 Å². The van der Waals surface area contributed by atoms with E-state index in [0.29, 0.717) is 0 Å². The first kappa shape index (κ1) is 11.5.